The van der Waals surface area contributed by atoms with E-state index in [2.05, 4.69) is 5.32 Å². The highest BCUT2D eigenvalue weighted by molar-refractivity contribution is 5.98. The van der Waals surface area contributed by atoms with Gasteiger partial charge < -0.3 is 11.1 Å². The van der Waals surface area contributed by atoms with Crippen molar-refractivity contribution < 1.29 is 4.92 Å². The van der Waals surface area contributed by atoms with Crippen LogP contribution in [0.4, 0.5) is 11.4 Å². The Hall–Kier alpha value is -2.14. The van der Waals surface area contributed by atoms with E-state index in [0.717, 1.165) is 10.8 Å². The molecule has 17 heavy (non-hydrogen) atoms. The van der Waals surface area contributed by atoms with Crippen molar-refractivity contribution in [1.29, 1.82) is 0 Å². The van der Waals surface area contributed by atoms with E-state index in [1.54, 1.807) is 6.07 Å². The summed E-state index contributed by atoms with van der Waals surface area (Å²) >= 11 is 0. The molecule has 2 aromatic rings. The molecule has 0 bridgehead atoms. The lowest BCUT2D eigenvalue weighted by Crippen LogP contribution is -2.14. The number of benzene rings is 2. The molecule has 0 unspecified atom stereocenters. The van der Waals surface area contributed by atoms with Gasteiger partial charge in [-0.2, -0.15) is 0 Å². The first-order valence-electron chi connectivity index (χ1n) is 5.34. The molecule has 0 radical (unpaired) electrons. The number of nitrogens with two attached hydrogens (primary N) is 1. The van der Waals surface area contributed by atoms with Crippen molar-refractivity contribution in [2.75, 3.05) is 18.4 Å². The molecule has 3 N–H and O–H groups in total. The molecule has 0 heterocycles. The Morgan fingerprint density at radius 1 is 1.24 bits per heavy atom. The highest BCUT2D eigenvalue weighted by Gasteiger charge is 2.15. The normalized spacial score (nSPS) is 10.4. The van der Waals surface area contributed by atoms with Crippen molar-refractivity contribution in [2.24, 2.45) is 5.73 Å². The van der Waals surface area contributed by atoms with Crippen molar-refractivity contribution in [3.8, 4) is 0 Å². The fourth-order valence-electron chi connectivity index (χ4n) is 1.80. The minimum absolute atomic E-state index is 0.0807. The lowest BCUT2D eigenvalue weighted by molar-refractivity contribution is -0.383. The van der Waals surface area contributed by atoms with E-state index < -0.39 is 0 Å². The molecular weight excluding hydrogens is 218 g/mol. The number of nitrogens with one attached hydrogen (secondary N) is 1. The number of fused-ring (bicyclic) bond motifs is 1. The molecule has 0 aromatic heterocycles. The zero-order chi connectivity index (χ0) is 12.3. The van der Waals surface area contributed by atoms with Gasteiger partial charge in [0.1, 0.15) is 5.69 Å². The smallest absolute Gasteiger partial charge is 0.292 e. The number of anilines is 1. The van der Waals surface area contributed by atoms with Crippen LogP contribution >= 0.6 is 0 Å². The standard InChI is InChI=1S/C12H13N3O2/c13-7-8-14-12-10-4-2-1-3-9(10)5-6-11(12)15(16)17/h1-6,14H,7-8,13H2. The average molecular weight is 231 g/mol. The van der Waals surface area contributed by atoms with Gasteiger partial charge in [-0.1, -0.05) is 24.3 Å². The second-order valence-electron chi connectivity index (χ2n) is 3.65. The highest BCUT2D eigenvalue weighted by Crippen LogP contribution is 2.32. The summed E-state index contributed by atoms with van der Waals surface area (Å²) in [5.41, 5.74) is 6.04. The van der Waals surface area contributed by atoms with Crippen molar-refractivity contribution in [1.82, 2.24) is 0 Å². The molecule has 5 nitrogen and oxygen atoms in total. The van der Waals surface area contributed by atoms with Crippen LogP contribution in [0, 0.1) is 10.1 Å². The average Bonchev–Trinajstić information content (AvgIpc) is 2.35. The van der Waals surface area contributed by atoms with Gasteiger partial charge in [0.15, 0.2) is 0 Å². The lowest BCUT2D eigenvalue weighted by Gasteiger charge is -2.09. The van der Waals surface area contributed by atoms with Crippen LogP contribution in [0.25, 0.3) is 10.8 Å². The molecule has 2 aromatic carbocycles. The van der Waals surface area contributed by atoms with Gasteiger partial charge in [0.05, 0.1) is 4.92 Å². The zero-order valence-corrected chi connectivity index (χ0v) is 9.22. The first-order valence-corrected chi connectivity index (χ1v) is 5.34. The summed E-state index contributed by atoms with van der Waals surface area (Å²) in [5, 5.41) is 15.8. The van der Waals surface area contributed by atoms with E-state index >= 15 is 0 Å². The summed E-state index contributed by atoms with van der Waals surface area (Å²) in [6, 6.07) is 10.8. The molecule has 0 aliphatic carbocycles. The Bertz CT molecular complexity index is 554. The Labute approximate surface area is 98.4 Å². The number of nitrogens with zero attached hydrogens (tertiary/aromatic N) is 1. The van der Waals surface area contributed by atoms with E-state index in [9.17, 15) is 10.1 Å². The lowest BCUT2D eigenvalue weighted by atomic mass is 10.1. The third-order valence-corrected chi connectivity index (χ3v) is 2.55. The Morgan fingerprint density at radius 3 is 2.71 bits per heavy atom. The van der Waals surface area contributed by atoms with Crippen LogP contribution < -0.4 is 11.1 Å². The minimum atomic E-state index is -0.384. The van der Waals surface area contributed by atoms with Crippen molar-refractivity contribution >= 4 is 22.1 Å². The largest absolute Gasteiger partial charge is 0.378 e. The molecule has 0 amide bonds. The summed E-state index contributed by atoms with van der Waals surface area (Å²) < 4.78 is 0. The minimum Gasteiger partial charge on any atom is -0.378 e. The summed E-state index contributed by atoms with van der Waals surface area (Å²) in [6.45, 7) is 0.940. The quantitative estimate of drug-likeness (QED) is 0.623. The van der Waals surface area contributed by atoms with Crippen LogP contribution in [0.3, 0.4) is 0 Å². The summed E-state index contributed by atoms with van der Waals surface area (Å²) in [5.74, 6) is 0. The molecule has 0 saturated heterocycles. The van der Waals surface area contributed by atoms with E-state index in [4.69, 9.17) is 5.73 Å². The number of hydrogen-bond acceptors (Lipinski definition) is 4. The predicted molar refractivity (Wildman–Crippen MR) is 68.1 cm³/mol. The van der Waals surface area contributed by atoms with Crippen LogP contribution in [0.1, 0.15) is 0 Å². The summed E-state index contributed by atoms with van der Waals surface area (Å²) in [7, 11) is 0. The van der Waals surface area contributed by atoms with Gasteiger partial charge >= 0.3 is 0 Å². The van der Waals surface area contributed by atoms with Gasteiger partial charge in [-0.3, -0.25) is 10.1 Å². The van der Waals surface area contributed by atoms with Crippen LogP contribution in [0.15, 0.2) is 36.4 Å². The van der Waals surface area contributed by atoms with Crippen molar-refractivity contribution in [2.45, 2.75) is 0 Å². The van der Waals surface area contributed by atoms with E-state index in [0.29, 0.717) is 18.8 Å². The third kappa shape index (κ3) is 2.19. The molecule has 88 valence electrons. The number of nitro groups is 1. The van der Waals surface area contributed by atoms with Gasteiger partial charge in [0.2, 0.25) is 0 Å². The molecule has 0 atom stereocenters. The second-order valence-corrected chi connectivity index (χ2v) is 3.65. The van der Waals surface area contributed by atoms with Crippen LogP contribution in [0.2, 0.25) is 0 Å². The Balaban J connectivity index is 2.61. The van der Waals surface area contributed by atoms with Crippen LogP contribution in [-0.4, -0.2) is 18.0 Å². The molecule has 0 saturated carbocycles. The topological polar surface area (TPSA) is 81.2 Å². The number of hydrogen-bond donors (Lipinski definition) is 2. The van der Waals surface area contributed by atoms with Crippen LogP contribution in [0.5, 0.6) is 0 Å². The van der Waals surface area contributed by atoms with Crippen molar-refractivity contribution in [3.05, 3.63) is 46.5 Å². The first-order chi connectivity index (χ1) is 8.24. The van der Waals surface area contributed by atoms with E-state index in [1.165, 1.54) is 6.07 Å². The number of nitro benzene ring substituents is 1. The third-order valence-electron chi connectivity index (χ3n) is 2.55. The second kappa shape index (κ2) is 4.80. The highest BCUT2D eigenvalue weighted by atomic mass is 16.6. The Kier molecular flexibility index (Phi) is 3.20. The van der Waals surface area contributed by atoms with E-state index in [1.807, 2.05) is 24.3 Å². The fraction of sp³-hybridized carbons (Fsp3) is 0.167. The molecule has 0 fully saturated rings. The van der Waals surface area contributed by atoms with Gasteiger partial charge in [-0.25, -0.2) is 0 Å². The maximum atomic E-state index is 11.0. The molecule has 0 spiro atoms. The zero-order valence-electron chi connectivity index (χ0n) is 9.22. The maximum absolute atomic E-state index is 11.0. The molecule has 5 heteroatoms. The van der Waals surface area contributed by atoms with Crippen molar-refractivity contribution in [3.63, 3.8) is 0 Å². The van der Waals surface area contributed by atoms with Crippen LogP contribution in [-0.2, 0) is 0 Å². The number of rotatable bonds is 4. The maximum Gasteiger partial charge on any atom is 0.292 e. The van der Waals surface area contributed by atoms with Gasteiger partial charge in [-0.05, 0) is 11.5 Å². The molecule has 0 aliphatic rings. The molecule has 2 rings (SSSR count). The summed E-state index contributed by atoms with van der Waals surface area (Å²) in [4.78, 5) is 10.6. The monoisotopic (exact) mass is 231 g/mol. The first kappa shape index (κ1) is 11.3. The fourth-order valence-corrected chi connectivity index (χ4v) is 1.80. The molecular formula is C12H13N3O2. The van der Waals surface area contributed by atoms with Gasteiger partial charge in [0.25, 0.3) is 5.69 Å². The van der Waals surface area contributed by atoms with Gasteiger partial charge in [0, 0.05) is 24.5 Å². The van der Waals surface area contributed by atoms with E-state index in [-0.39, 0.29) is 10.6 Å². The SMILES string of the molecule is NCCNc1c([N+](=O)[O-])ccc2ccccc12. The Morgan fingerprint density at radius 2 is 2.00 bits per heavy atom. The van der Waals surface area contributed by atoms with Gasteiger partial charge in [-0.15, -0.1) is 0 Å². The predicted octanol–water partition coefficient (Wildman–Crippen LogP) is 2.12. The molecule has 0 aliphatic heterocycles. The summed E-state index contributed by atoms with van der Waals surface area (Å²) in [6.07, 6.45) is 0.